The van der Waals surface area contributed by atoms with Crippen molar-refractivity contribution < 1.29 is 18.0 Å². The number of nitrogens with zero attached hydrogens (tertiary/aromatic N) is 1. The third-order valence-electron chi connectivity index (χ3n) is 3.57. The van der Waals surface area contributed by atoms with E-state index in [0.717, 1.165) is 11.1 Å². The van der Waals surface area contributed by atoms with Crippen LogP contribution in [0.1, 0.15) is 26.3 Å². The second-order valence-corrected chi connectivity index (χ2v) is 5.29. The lowest BCUT2D eigenvalue weighted by atomic mass is 10.1. The van der Waals surface area contributed by atoms with Gasteiger partial charge in [-0.15, -0.1) is 0 Å². The lowest BCUT2D eigenvalue weighted by Gasteiger charge is -2.29. The zero-order valence-corrected chi connectivity index (χ0v) is 13.6. The Balaban J connectivity index is 3.02. The van der Waals surface area contributed by atoms with Gasteiger partial charge in [-0.3, -0.25) is 9.69 Å². The minimum absolute atomic E-state index is 0.277. The van der Waals surface area contributed by atoms with Gasteiger partial charge >= 0.3 is 6.18 Å². The van der Waals surface area contributed by atoms with Crippen LogP contribution in [0, 0.1) is 0 Å². The van der Waals surface area contributed by atoms with Crippen LogP contribution in [0.25, 0.3) is 0 Å². The molecule has 126 valence electrons. The van der Waals surface area contributed by atoms with E-state index in [1.807, 2.05) is 62.4 Å². The molecule has 1 aromatic carbocycles. The molecule has 0 aliphatic carbocycles. The van der Waals surface area contributed by atoms with Crippen molar-refractivity contribution in [2.75, 3.05) is 6.54 Å². The second kappa shape index (κ2) is 8.67. The second-order valence-electron chi connectivity index (χ2n) is 5.29. The summed E-state index contributed by atoms with van der Waals surface area (Å²) >= 11 is 0. The molecule has 0 amide bonds. The van der Waals surface area contributed by atoms with Gasteiger partial charge < -0.3 is 0 Å². The Morgan fingerprint density at radius 3 is 2.30 bits per heavy atom. The van der Waals surface area contributed by atoms with Gasteiger partial charge in [-0.25, -0.2) is 0 Å². The molecule has 0 radical (unpaired) electrons. The van der Waals surface area contributed by atoms with Crippen molar-refractivity contribution in [1.82, 2.24) is 4.90 Å². The highest BCUT2D eigenvalue weighted by molar-refractivity contribution is 5.88. The van der Waals surface area contributed by atoms with Crippen LogP contribution in [0.2, 0.25) is 0 Å². The maximum absolute atomic E-state index is 12.8. The monoisotopic (exact) mass is 325 g/mol. The van der Waals surface area contributed by atoms with E-state index in [2.05, 4.69) is 0 Å². The normalized spacial score (nSPS) is 14.5. The number of carbonyl (C=O) groups is 1. The van der Waals surface area contributed by atoms with Crippen LogP contribution >= 0.6 is 0 Å². The fourth-order valence-corrected chi connectivity index (χ4v) is 2.24. The first-order chi connectivity index (χ1) is 10.8. The number of ketones is 1. The van der Waals surface area contributed by atoms with Gasteiger partial charge in [-0.2, -0.15) is 13.2 Å². The molecule has 1 atom stereocenters. The van der Waals surface area contributed by atoms with E-state index in [-0.39, 0.29) is 13.1 Å². The number of alkyl halides is 3. The molecule has 0 heterocycles. The molecule has 1 rings (SSSR count). The van der Waals surface area contributed by atoms with Gasteiger partial charge in [-0.1, -0.05) is 48.6 Å². The van der Waals surface area contributed by atoms with Gasteiger partial charge in [-0.05, 0) is 31.9 Å². The van der Waals surface area contributed by atoms with Gasteiger partial charge in [0.2, 0.25) is 0 Å². The van der Waals surface area contributed by atoms with Gasteiger partial charge in [0.1, 0.15) is 0 Å². The van der Waals surface area contributed by atoms with Crippen molar-refractivity contribution in [2.45, 2.75) is 39.5 Å². The molecule has 0 spiro atoms. The number of Topliss-reactive ketones (excluding diaryl/α,β-unsaturated/α-hetero) is 1. The van der Waals surface area contributed by atoms with E-state index in [0.29, 0.717) is 0 Å². The molecule has 2 nitrogen and oxygen atoms in total. The van der Waals surface area contributed by atoms with E-state index in [1.165, 1.54) is 6.92 Å². The molecular weight excluding hydrogens is 303 g/mol. The van der Waals surface area contributed by atoms with Crippen LogP contribution in [0.15, 0.2) is 54.1 Å². The standard InChI is InChI=1S/C18H22F3NO/c1-4-9-15(5-2)12-22(13-16-10-7-6-8-11-16)14(3)17(23)18(19,20)21/h4-11,14H,12-13H2,1-3H3. The zero-order chi connectivity index (χ0) is 17.5. The molecule has 1 aromatic rings. The van der Waals surface area contributed by atoms with Crippen LogP contribution < -0.4 is 0 Å². The lowest BCUT2D eigenvalue weighted by molar-refractivity contribution is -0.176. The summed E-state index contributed by atoms with van der Waals surface area (Å²) in [7, 11) is 0. The Morgan fingerprint density at radius 1 is 1.22 bits per heavy atom. The minimum Gasteiger partial charge on any atom is -0.288 e. The molecule has 0 bridgehead atoms. The van der Waals surface area contributed by atoms with Crippen molar-refractivity contribution in [2.24, 2.45) is 0 Å². The largest absolute Gasteiger partial charge is 0.451 e. The molecule has 5 heteroatoms. The van der Waals surface area contributed by atoms with Crippen LogP contribution in [0.4, 0.5) is 13.2 Å². The number of benzene rings is 1. The Morgan fingerprint density at radius 2 is 1.83 bits per heavy atom. The summed E-state index contributed by atoms with van der Waals surface area (Å²) in [6, 6.07) is 7.93. The number of allylic oxidation sites excluding steroid dienone is 2. The van der Waals surface area contributed by atoms with Crippen molar-refractivity contribution in [3.05, 3.63) is 59.7 Å². The SMILES string of the molecule is CC=CC(=CC)CN(Cc1ccccc1)C(C)C(=O)C(F)(F)F. The summed E-state index contributed by atoms with van der Waals surface area (Å²) in [5.41, 5.74) is 1.73. The van der Waals surface area contributed by atoms with Gasteiger partial charge in [0.15, 0.2) is 0 Å². The Hall–Kier alpha value is -1.88. The Bertz CT molecular complexity index is 561. The smallest absolute Gasteiger partial charge is 0.288 e. The van der Waals surface area contributed by atoms with Gasteiger partial charge in [0.05, 0.1) is 6.04 Å². The third kappa shape index (κ3) is 6.02. The first-order valence-corrected chi connectivity index (χ1v) is 7.46. The van der Waals surface area contributed by atoms with Crippen LogP contribution in [0.5, 0.6) is 0 Å². The minimum atomic E-state index is -4.83. The first kappa shape index (κ1) is 19.2. The number of halogens is 3. The highest BCUT2D eigenvalue weighted by atomic mass is 19.4. The fraction of sp³-hybridized carbons (Fsp3) is 0.389. The molecular formula is C18H22F3NO. The maximum atomic E-state index is 12.8. The van der Waals surface area contributed by atoms with Gasteiger partial charge in [0, 0.05) is 13.1 Å². The quantitative estimate of drug-likeness (QED) is 0.687. The predicted molar refractivity (Wildman–Crippen MR) is 85.9 cm³/mol. The van der Waals surface area contributed by atoms with E-state index < -0.39 is 18.0 Å². The highest BCUT2D eigenvalue weighted by Crippen LogP contribution is 2.22. The van der Waals surface area contributed by atoms with Crippen LogP contribution in [0.3, 0.4) is 0 Å². The van der Waals surface area contributed by atoms with Crippen molar-refractivity contribution in [3.63, 3.8) is 0 Å². The molecule has 0 aliphatic rings. The molecule has 0 saturated carbocycles. The van der Waals surface area contributed by atoms with E-state index in [1.54, 1.807) is 4.90 Å². The average Bonchev–Trinajstić information content (AvgIpc) is 2.52. The first-order valence-electron chi connectivity index (χ1n) is 7.46. The van der Waals surface area contributed by atoms with Gasteiger partial charge in [0.25, 0.3) is 5.78 Å². The molecule has 23 heavy (non-hydrogen) atoms. The molecule has 0 aliphatic heterocycles. The number of rotatable bonds is 7. The molecule has 0 N–H and O–H groups in total. The summed E-state index contributed by atoms with van der Waals surface area (Å²) in [5.74, 6) is -1.72. The van der Waals surface area contributed by atoms with E-state index >= 15 is 0 Å². The predicted octanol–water partition coefficient (Wildman–Crippen LogP) is 4.53. The average molecular weight is 325 g/mol. The summed E-state index contributed by atoms with van der Waals surface area (Å²) in [6.45, 7) is 5.53. The van der Waals surface area contributed by atoms with Crippen molar-refractivity contribution >= 4 is 5.78 Å². The summed E-state index contributed by atoms with van der Waals surface area (Å²) in [6.07, 6.45) is 0.670. The van der Waals surface area contributed by atoms with E-state index in [4.69, 9.17) is 0 Å². The number of carbonyl (C=O) groups excluding carboxylic acids is 1. The Labute approximate surface area is 135 Å². The lowest BCUT2D eigenvalue weighted by Crippen LogP contribution is -2.45. The van der Waals surface area contributed by atoms with Crippen LogP contribution in [-0.4, -0.2) is 29.4 Å². The molecule has 1 unspecified atom stereocenters. The van der Waals surface area contributed by atoms with Crippen LogP contribution in [-0.2, 0) is 11.3 Å². The molecule has 0 fully saturated rings. The van der Waals surface area contributed by atoms with E-state index in [9.17, 15) is 18.0 Å². The number of hydrogen-bond donors (Lipinski definition) is 0. The van der Waals surface area contributed by atoms with Crippen molar-refractivity contribution in [3.8, 4) is 0 Å². The number of hydrogen-bond acceptors (Lipinski definition) is 2. The summed E-state index contributed by atoms with van der Waals surface area (Å²) < 4.78 is 38.3. The highest BCUT2D eigenvalue weighted by Gasteiger charge is 2.43. The topological polar surface area (TPSA) is 20.3 Å². The molecule has 0 saturated heterocycles. The molecule has 0 aromatic heterocycles. The maximum Gasteiger partial charge on any atom is 0.451 e. The zero-order valence-electron chi connectivity index (χ0n) is 13.6. The fourth-order valence-electron chi connectivity index (χ4n) is 2.24. The van der Waals surface area contributed by atoms with Crippen molar-refractivity contribution in [1.29, 1.82) is 0 Å². The Kier molecular flexibility index (Phi) is 7.23. The third-order valence-corrected chi connectivity index (χ3v) is 3.57. The summed E-state index contributed by atoms with van der Waals surface area (Å²) in [4.78, 5) is 13.2. The summed E-state index contributed by atoms with van der Waals surface area (Å²) in [5, 5.41) is 0.